The van der Waals surface area contributed by atoms with E-state index in [0.29, 0.717) is 0 Å². The van der Waals surface area contributed by atoms with E-state index >= 15 is 0 Å². The molecule has 1 aromatic carbocycles. The zero-order valence-corrected chi connectivity index (χ0v) is 13.0. The first-order valence-electron chi connectivity index (χ1n) is 7.98. The molecule has 0 radical (unpaired) electrons. The maximum Gasteiger partial charge on any atom is 0.226 e. The Labute approximate surface area is 127 Å². The van der Waals surface area contributed by atoms with E-state index in [2.05, 4.69) is 48.0 Å². The summed E-state index contributed by atoms with van der Waals surface area (Å²) in [5.74, 6) is 1.65. The molecule has 0 bridgehead atoms. The molecule has 3 heteroatoms. The second kappa shape index (κ2) is 6.44. The number of nitrogens with zero attached hydrogens (tertiary/aromatic N) is 2. The molecule has 1 heterocycles. The van der Waals surface area contributed by atoms with Crippen LogP contribution in [0.15, 0.2) is 34.9 Å². The largest absolute Gasteiger partial charge is 0.444 e. The van der Waals surface area contributed by atoms with Crippen molar-refractivity contribution < 1.29 is 4.42 Å². The third-order valence-corrected chi connectivity index (χ3v) is 3.99. The SMILES string of the molecule is CCCN(Cc1coc(-c2ccc(C)cc2)n1)CC1CC1. The molecule has 1 saturated carbocycles. The monoisotopic (exact) mass is 284 g/mol. The molecule has 21 heavy (non-hydrogen) atoms. The van der Waals surface area contributed by atoms with Crippen LogP contribution >= 0.6 is 0 Å². The number of aromatic nitrogens is 1. The Hall–Kier alpha value is -1.61. The Bertz CT molecular complexity index is 569. The van der Waals surface area contributed by atoms with Crippen molar-refractivity contribution in [2.75, 3.05) is 13.1 Å². The standard InChI is InChI=1S/C18H24N2O/c1-3-10-20(11-15-6-7-15)12-17-13-21-18(19-17)16-8-4-14(2)5-9-16/h4-5,8-9,13,15H,3,6-7,10-12H2,1-2H3. The van der Waals surface area contributed by atoms with Gasteiger partial charge in [-0.05, 0) is 50.8 Å². The van der Waals surface area contributed by atoms with E-state index in [1.807, 2.05) is 6.26 Å². The van der Waals surface area contributed by atoms with Gasteiger partial charge in [-0.25, -0.2) is 4.98 Å². The molecular weight excluding hydrogens is 260 g/mol. The van der Waals surface area contributed by atoms with Crippen molar-refractivity contribution in [3.8, 4) is 11.5 Å². The fourth-order valence-corrected chi connectivity index (χ4v) is 2.65. The number of benzene rings is 1. The van der Waals surface area contributed by atoms with Gasteiger partial charge in [0.15, 0.2) is 0 Å². The Morgan fingerprint density at radius 3 is 2.67 bits per heavy atom. The maximum atomic E-state index is 5.65. The fraction of sp³-hybridized carbons (Fsp3) is 0.500. The number of hydrogen-bond donors (Lipinski definition) is 0. The molecule has 0 unspecified atom stereocenters. The normalized spacial score (nSPS) is 14.8. The highest BCUT2D eigenvalue weighted by atomic mass is 16.3. The molecule has 1 aromatic heterocycles. The predicted octanol–water partition coefficient (Wildman–Crippen LogP) is 4.27. The average Bonchev–Trinajstić information content (AvgIpc) is 3.16. The van der Waals surface area contributed by atoms with Crippen LogP contribution in [0.2, 0.25) is 0 Å². The first kappa shape index (κ1) is 14.3. The number of oxazole rings is 1. The van der Waals surface area contributed by atoms with Crippen molar-refractivity contribution in [3.05, 3.63) is 41.8 Å². The van der Waals surface area contributed by atoms with Crippen molar-refractivity contribution >= 4 is 0 Å². The lowest BCUT2D eigenvalue weighted by molar-refractivity contribution is 0.252. The van der Waals surface area contributed by atoms with Gasteiger partial charge in [0, 0.05) is 18.7 Å². The summed E-state index contributed by atoms with van der Waals surface area (Å²) in [6.07, 6.45) is 5.79. The first-order valence-corrected chi connectivity index (χ1v) is 7.98. The van der Waals surface area contributed by atoms with E-state index in [1.165, 1.54) is 31.4 Å². The molecular formula is C18H24N2O. The number of aryl methyl sites for hydroxylation is 1. The smallest absolute Gasteiger partial charge is 0.226 e. The average molecular weight is 284 g/mol. The van der Waals surface area contributed by atoms with Crippen LogP contribution in [0.3, 0.4) is 0 Å². The highest BCUT2D eigenvalue weighted by Crippen LogP contribution is 2.30. The molecule has 3 nitrogen and oxygen atoms in total. The maximum absolute atomic E-state index is 5.65. The van der Waals surface area contributed by atoms with Crippen molar-refractivity contribution in [3.63, 3.8) is 0 Å². The van der Waals surface area contributed by atoms with Gasteiger partial charge in [0.2, 0.25) is 5.89 Å². The van der Waals surface area contributed by atoms with E-state index in [1.54, 1.807) is 0 Å². The van der Waals surface area contributed by atoms with E-state index in [9.17, 15) is 0 Å². The summed E-state index contributed by atoms with van der Waals surface area (Å²) < 4.78 is 5.65. The molecule has 1 aliphatic rings. The van der Waals surface area contributed by atoms with Gasteiger partial charge in [0.05, 0.1) is 5.69 Å². The molecule has 112 valence electrons. The van der Waals surface area contributed by atoms with Crippen LogP contribution in [0.5, 0.6) is 0 Å². The van der Waals surface area contributed by atoms with Gasteiger partial charge in [-0.15, -0.1) is 0 Å². The zero-order chi connectivity index (χ0) is 14.7. The zero-order valence-electron chi connectivity index (χ0n) is 13.0. The minimum absolute atomic E-state index is 0.730. The molecule has 0 N–H and O–H groups in total. The molecule has 2 aromatic rings. The topological polar surface area (TPSA) is 29.3 Å². The Balaban J connectivity index is 1.66. The summed E-state index contributed by atoms with van der Waals surface area (Å²) >= 11 is 0. The van der Waals surface area contributed by atoms with Gasteiger partial charge in [-0.2, -0.15) is 0 Å². The quantitative estimate of drug-likeness (QED) is 0.760. The molecule has 1 aliphatic carbocycles. The minimum atomic E-state index is 0.730. The van der Waals surface area contributed by atoms with Gasteiger partial charge in [-0.3, -0.25) is 4.90 Å². The predicted molar refractivity (Wildman–Crippen MR) is 85.0 cm³/mol. The van der Waals surface area contributed by atoms with Gasteiger partial charge in [-0.1, -0.05) is 24.6 Å². The molecule has 0 amide bonds. The summed E-state index contributed by atoms with van der Waals surface area (Å²) in [6.45, 7) is 7.58. The van der Waals surface area contributed by atoms with Crippen LogP contribution in [0.25, 0.3) is 11.5 Å². The summed E-state index contributed by atoms with van der Waals surface area (Å²) in [7, 11) is 0. The minimum Gasteiger partial charge on any atom is -0.444 e. The summed E-state index contributed by atoms with van der Waals surface area (Å²) in [5.41, 5.74) is 3.35. The molecule has 3 rings (SSSR count). The Morgan fingerprint density at radius 2 is 2.00 bits per heavy atom. The first-order chi connectivity index (χ1) is 10.2. The van der Waals surface area contributed by atoms with E-state index < -0.39 is 0 Å². The summed E-state index contributed by atoms with van der Waals surface area (Å²) in [4.78, 5) is 7.16. The van der Waals surface area contributed by atoms with Gasteiger partial charge >= 0.3 is 0 Å². The van der Waals surface area contributed by atoms with Crippen LogP contribution in [0.1, 0.15) is 37.4 Å². The molecule has 0 aliphatic heterocycles. The van der Waals surface area contributed by atoms with Crippen molar-refractivity contribution in [1.82, 2.24) is 9.88 Å². The third kappa shape index (κ3) is 3.94. The van der Waals surface area contributed by atoms with E-state index in [-0.39, 0.29) is 0 Å². The van der Waals surface area contributed by atoms with E-state index in [4.69, 9.17) is 4.42 Å². The number of hydrogen-bond acceptors (Lipinski definition) is 3. The molecule has 1 fully saturated rings. The molecule has 0 spiro atoms. The van der Waals surface area contributed by atoms with E-state index in [0.717, 1.165) is 36.2 Å². The lowest BCUT2D eigenvalue weighted by Gasteiger charge is -2.19. The van der Waals surface area contributed by atoms with Crippen LogP contribution < -0.4 is 0 Å². The second-order valence-corrected chi connectivity index (χ2v) is 6.19. The van der Waals surface area contributed by atoms with Gasteiger partial charge in [0.1, 0.15) is 6.26 Å². The fourth-order valence-electron chi connectivity index (χ4n) is 2.65. The summed E-state index contributed by atoms with van der Waals surface area (Å²) in [5, 5.41) is 0. The molecule has 0 saturated heterocycles. The van der Waals surface area contributed by atoms with Crippen LogP contribution in [0, 0.1) is 12.8 Å². The molecule has 0 atom stereocenters. The van der Waals surface area contributed by atoms with Crippen molar-refractivity contribution in [1.29, 1.82) is 0 Å². The van der Waals surface area contributed by atoms with Gasteiger partial charge < -0.3 is 4.42 Å². The highest BCUT2D eigenvalue weighted by molar-refractivity contribution is 5.53. The van der Waals surface area contributed by atoms with Crippen LogP contribution in [-0.2, 0) is 6.54 Å². The Morgan fingerprint density at radius 1 is 1.24 bits per heavy atom. The summed E-state index contributed by atoms with van der Waals surface area (Å²) in [6, 6.07) is 8.32. The number of rotatable bonds is 7. The van der Waals surface area contributed by atoms with Crippen molar-refractivity contribution in [2.45, 2.75) is 39.7 Å². The van der Waals surface area contributed by atoms with Crippen LogP contribution in [-0.4, -0.2) is 23.0 Å². The van der Waals surface area contributed by atoms with Crippen LogP contribution in [0.4, 0.5) is 0 Å². The Kier molecular flexibility index (Phi) is 4.39. The second-order valence-electron chi connectivity index (χ2n) is 6.19. The lowest BCUT2D eigenvalue weighted by atomic mass is 10.1. The van der Waals surface area contributed by atoms with Gasteiger partial charge in [0.25, 0.3) is 0 Å². The highest BCUT2D eigenvalue weighted by Gasteiger charge is 2.24. The lowest BCUT2D eigenvalue weighted by Crippen LogP contribution is -2.26. The third-order valence-electron chi connectivity index (χ3n) is 3.99. The van der Waals surface area contributed by atoms with Crippen molar-refractivity contribution in [2.24, 2.45) is 5.92 Å².